The van der Waals surface area contributed by atoms with Crippen LogP contribution in [0, 0.1) is 6.92 Å². The second-order valence-corrected chi connectivity index (χ2v) is 4.92. The van der Waals surface area contributed by atoms with Crippen molar-refractivity contribution in [3.63, 3.8) is 0 Å². The molecule has 0 amide bonds. The van der Waals surface area contributed by atoms with Gasteiger partial charge in [-0.3, -0.25) is 0 Å². The third-order valence-electron chi connectivity index (χ3n) is 3.24. The van der Waals surface area contributed by atoms with Crippen molar-refractivity contribution in [1.29, 1.82) is 0 Å². The van der Waals surface area contributed by atoms with E-state index in [1.54, 1.807) is 0 Å². The number of benzene rings is 2. The van der Waals surface area contributed by atoms with Gasteiger partial charge in [0.25, 0.3) is 0 Å². The van der Waals surface area contributed by atoms with Crippen molar-refractivity contribution in [3.8, 4) is 0 Å². The summed E-state index contributed by atoms with van der Waals surface area (Å²) in [5.74, 6) is 0. The number of halogens is 3. The minimum Gasteiger partial charge on any atom is -0.324 e. The van der Waals surface area contributed by atoms with Crippen molar-refractivity contribution in [1.82, 2.24) is 0 Å². The normalized spacial score (nSPS) is 13.2. The number of rotatable bonds is 3. The van der Waals surface area contributed by atoms with E-state index < -0.39 is 11.7 Å². The van der Waals surface area contributed by atoms with Crippen LogP contribution < -0.4 is 5.73 Å². The van der Waals surface area contributed by atoms with E-state index in [2.05, 4.69) is 0 Å². The van der Waals surface area contributed by atoms with Crippen LogP contribution in [0.1, 0.15) is 28.3 Å². The molecular formula is C16H16F3N. The molecule has 0 saturated carbocycles. The van der Waals surface area contributed by atoms with E-state index in [9.17, 15) is 13.2 Å². The molecule has 0 spiro atoms. The van der Waals surface area contributed by atoms with E-state index in [0.717, 1.165) is 28.8 Å². The maximum Gasteiger partial charge on any atom is 0.416 e. The van der Waals surface area contributed by atoms with Crippen LogP contribution in [-0.2, 0) is 12.6 Å². The molecule has 0 aromatic heterocycles. The highest BCUT2D eigenvalue weighted by atomic mass is 19.4. The van der Waals surface area contributed by atoms with Gasteiger partial charge in [0.1, 0.15) is 0 Å². The van der Waals surface area contributed by atoms with E-state index in [-0.39, 0.29) is 6.04 Å². The summed E-state index contributed by atoms with van der Waals surface area (Å²) in [6.45, 7) is 1.99. The molecular weight excluding hydrogens is 263 g/mol. The van der Waals surface area contributed by atoms with Crippen molar-refractivity contribution in [2.75, 3.05) is 0 Å². The standard InChI is InChI=1S/C16H16F3N/c1-11-2-6-13(7-3-11)15(20)10-12-4-8-14(9-5-12)16(17,18)19/h2-9,15H,10,20H2,1H3. The Balaban J connectivity index is 2.08. The molecule has 0 fully saturated rings. The topological polar surface area (TPSA) is 26.0 Å². The second kappa shape index (κ2) is 5.67. The zero-order valence-corrected chi connectivity index (χ0v) is 11.1. The molecule has 1 atom stereocenters. The lowest BCUT2D eigenvalue weighted by atomic mass is 9.98. The van der Waals surface area contributed by atoms with Gasteiger partial charge >= 0.3 is 6.18 Å². The maximum atomic E-state index is 12.5. The Bertz CT molecular complexity index is 556. The van der Waals surface area contributed by atoms with Gasteiger partial charge < -0.3 is 5.73 Å². The first-order chi connectivity index (χ1) is 9.36. The molecule has 0 aliphatic rings. The van der Waals surface area contributed by atoms with E-state index in [1.807, 2.05) is 31.2 Å². The molecule has 0 aliphatic heterocycles. The quantitative estimate of drug-likeness (QED) is 0.892. The fourth-order valence-electron chi connectivity index (χ4n) is 2.02. The van der Waals surface area contributed by atoms with Gasteiger partial charge in [0, 0.05) is 6.04 Å². The smallest absolute Gasteiger partial charge is 0.324 e. The van der Waals surface area contributed by atoms with E-state index >= 15 is 0 Å². The molecule has 0 radical (unpaired) electrons. The Morgan fingerprint density at radius 3 is 2.00 bits per heavy atom. The summed E-state index contributed by atoms with van der Waals surface area (Å²) in [5, 5.41) is 0. The molecule has 0 bridgehead atoms. The van der Waals surface area contributed by atoms with Crippen LogP contribution in [0.5, 0.6) is 0 Å². The van der Waals surface area contributed by atoms with Gasteiger partial charge in [0.05, 0.1) is 5.56 Å². The minimum atomic E-state index is -4.29. The molecule has 2 aromatic rings. The van der Waals surface area contributed by atoms with Gasteiger partial charge in [-0.1, -0.05) is 42.0 Å². The Hall–Kier alpha value is -1.81. The molecule has 20 heavy (non-hydrogen) atoms. The zero-order chi connectivity index (χ0) is 14.8. The van der Waals surface area contributed by atoms with Gasteiger partial charge in [-0.25, -0.2) is 0 Å². The number of hydrogen-bond donors (Lipinski definition) is 1. The molecule has 2 N–H and O–H groups in total. The van der Waals surface area contributed by atoms with Crippen LogP contribution in [0.15, 0.2) is 48.5 Å². The molecule has 2 rings (SSSR count). The van der Waals surface area contributed by atoms with Crippen LogP contribution in [0.3, 0.4) is 0 Å². The summed E-state index contributed by atoms with van der Waals surface area (Å²) in [7, 11) is 0. The summed E-state index contributed by atoms with van der Waals surface area (Å²) >= 11 is 0. The highest BCUT2D eigenvalue weighted by Crippen LogP contribution is 2.29. The second-order valence-electron chi connectivity index (χ2n) is 4.92. The highest BCUT2D eigenvalue weighted by molar-refractivity contribution is 5.28. The number of aryl methyl sites for hydroxylation is 1. The van der Waals surface area contributed by atoms with Crippen molar-refractivity contribution in [3.05, 3.63) is 70.8 Å². The Morgan fingerprint density at radius 1 is 0.950 bits per heavy atom. The first kappa shape index (κ1) is 14.6. The number of nitrogens with two attached hydrogens (primary N) is 1. The fourth-order valence-corrected chi connectivity index (χ4v) is 2.02. The SMILES string of the molecule is Cc1ccc(C(N)Cc2ccc(C(F)(F)F)cc2)cc1. The van der Waals surface area contributed by atoms with Crippen molar-refractivity contribution < 1.29 is 13.2 Å². The largest absolute Gasteiger partial charge is 0.416 e. The minimum absolute atomic E-state index is 0.215. The monoisotopic (exact) mass is 279 g/mol. The summed E-state index contributed by atoms with van der Waals surface area (Å²) in [5.41, 5.74) is 8.37. The Morgan fingerprint density at radius 2 is 1.50 bits per heavy atom. The average molecular weight is 279 g/mol. The van der Waals surface area contributed by atoms with Crippen LogP contribution in [-0.4, -0.2) is 0 Å². The van der Waals surface area contributed by atoms with Crippen molar-refractivity contribution >= 4 is 0 Å². The zero-order valence-electron chi connectivity index (χ0n) is 11.1. The Labute approximate surface area is 116 Å². The van der Waals surface area contributed by atoms with Crippen molar-refractivity contribution in [2.45, 2.75) is 25.6 Å². The first-order valence-corrected chi connectivity index (χ1v) is 6.34. The first-order valence-electron chi connectivity index (χ1n) is 6.34. The lowest BCUT2D eigenvalue weighted by Gasteiger charge is -2.13. The van der Waals surface area contributed by atoms with Gasteiger partial charge in [-0.05, 0) is 36.6 Å². The third-order valence-corrected chi connectivity index (χ3v) is 3.24. The molecule has 1 nitrogen and oxygen atoms in total. The lowest BCUT2D eigenvalue weighted by molar-refractivity contribution is -0.137. The summed E-state index contributed by atoms with van der Waals surface area (Å²) in [4.78, 5) is 0. The van der Waals surface area contributed by atoms with Crippen LogP contribution in [0.2, 0.25) is 0 Å². The van der Waals surface area contributed by atoms with Gasteiger partial charge in [-0.15, -0.1) is 0 Å². The summed E-state index contributed by atoms with van der Waals surface area (Å²) in [6, 6.07) is 12.8. The average Bonchev–Trinajstić information content (AvgIpc) is 2.39. The lowest BCUT2D eigenvalue weighted by Crippen LogP contribution is -2.13. The number of alkyl halides is 3. The summed E-state index contributed by atoms with van der Waals surface area (Å²) < 4.78 is 37.4. The Kier molecular flexibility index (Phi) is 4.14. The van der Waals surface area contributed by atoms with E-state index in [0.29, 0.717) is 6.42 Å². The molecule has 1 unspecified atom stereocenters. The van der Waals surface area contributed by atoms with E-state index in [1.165, 1.54) is 12.1 Å². The highest BCUT2D eigenvalue weighted by Gasteiger charge is 2.29. The maximum absolute atomic E-state index is 12.5. The third kappa shape index (κ3) is 3.61. The van der Waals surface area contributed by atoms with Crippen LogP contribution in [0.4, 0.5) is 13.2 Å². The molecule has 0 saturated heterocycles. The number of hydrogen-bond acceptors (Lipinski definition) is 1. The molecule has 106 valence electrons. The van der Waals surface area contributed by atoms with Crippen LogP contribution in [0.25, 0.3) is 0 Å². The van der Waals surface area contributed by atoms with Crippen molar-refractivity contribution in [2.24, 2.45) is 5.73 Å². The molecule has 0 heterocycles. The predicted molar refractivity (Wildman–Crippen MR) is 73.3 cm³/mol. The fraction of sp³-hybridized carbons (Fsp3) is 0.250. The van der Waals surface area contributed by atoms with Gasteiger partial charge in [0.2, 0.25) is 0 Å². The molecule has 2 aromatic carbocycles. The summed E-state index contributed by atoms with van der Waals surface area (Å²) in [6.07, 6.45) is -3.78. The molecule has 4 heteroatoms. The van der Waals surface area contributed by atoms with Gasteiger partial charge in [-0.2, -0.15) is 13.2 Å². The molecule has 0 aliphatic carbocycles. The van der Waals surface area contributed by atoms with E-state index in [4.69, 9.17) is 5.73 Å². The van der Waals surface area contributed by atoms with Crippen LogP contribution >= 0.6 is 0 Å². The van der Waals surface area contributed by atoms with Gasteiger partial charge in [0.15, 0.2) is 0 Å². The predicted octanol–water partition coefficient (Wildman–Crippen LogP) is 4.26.